The van der Waals surface area contributed by atoms with Crippen LogP contribution in [0.5, 0.6) is 0 Å². The number of hydrogen-bond donors (Lipinski definition) is 1. The Hall–Kier alpha value is -2.73. The van der Waals surface area contributed by atoms with Gasteiger partial charge in [0, 0.05) is 37.1 Å². The maximum Gasteiger partial charge on any atom is 0.253 e. The molecule has 0 atom stereocenters. The Balaban J connectivity index is 1.45. The number of carbonyl (C=O) groups excluding carboxylic acids is 1. The van der Waals surface area contributed by atoms with E-state index in [1.165, 1.54) is 17.7 Å². The van der Waals surface area contributed by atoms with E-state index in [9.17, 15) is 9.18 Å². The fraction of sp³-hybridized carbons (Fsp3) is 0.300. The van der Waals surface area contributed by atoms with E-state index >= 15 is 0 Å². The number of likely N-dealkylation sites (tertiary alicyclic amines) is 1. The van der Waals surface area contributed by atoms with Crippen molar-refractivity contribution in [2.45, 2.75) is 25.5 Å². The summed E-state index contributed by atoms with van der Waals surface area (Å²) in [6.07, 6.45) is 1.19. The number of aryl methyl sites for hydroxylation is 1. The first kappa shape index (κ1) is 16.7. The third-order valence-electron chi connectivity index (χ3n) is 4.88. The van der Waals surface area contributed by atoms with Crippen LogP contribution >= 0.6 is 0 Å². The van der Waals surface area contributed by atoms with Gasteiger partial charge in [-0.3, -0.25) is 4.79 Å². The highest BCUT2D eigenvalue weighted by atomic mass is 19.1. The number of carbonyl (C=O) groups is 1. The average Bonchev–Trinajstić information content (AvgIpc) is 3.06. The number of nitrogens with zero attached hydrogens (tertiary/aromatic N) is 2. The number of rotatable bonds is 2. The molecule has 1 amide bonds. The third-order valence-corrected chi connectivity index (χ3v) is 4.88. The molecule has 2 aromatic carbocycles. The molecule has 26 heavy (non-hydrogen) atoms. The average molecular weight is 353 g/mol. The van der Waals surface area contributed by atoms with Gasteiger partial charge in [0.15, 0.2) is 11.6 Å². The van der Waals surface area contributed by atoms with Gasteiger partial charge in [-0.25, -0.2) is 19.7 Å². The van der Waals surface area contributed by atoms with E-state index in [1.807, 2.05) is 31.2 Å². The molecular weight excluding hydrogens is 333 g/mol. The van der Waals surface area contributed by atoms with Crippen LogP contribution in [0.1, 0.15) is 34.3 Å². The van der Waals surface area contributed by atoms with Crippen LogP contribution in [0.15, 0.2) is 53.5 Å². The first-order valence-electron chi connectivity index (χ1n) is 8.70. The van der Waals surface area contributed by atoms with Crippen molar-refractivity contribution < 1.29 is 14.0 Å². The van der Waals surface area contributed by atoms with Crippen molar-refractivity contribution in [1.82, 2.24) is 10.4 Å². The van der Waals surface area contributed by atoms with E-state index < -0.39 is 11.5 Å². The van der Waals surface area contributed by atoms with E-state index in [1.54, 1.807) is 17.0 Å². The van der Waals surface area contributed by atoms with Crippen LogP contribution < -0.4 is 5.48 Å². The van der Waals surface area contributed by atoms with Crippen LogP contribution in [0.25, 0.3) is 0 Å². The summed E-state index contributed by atoms with van der Waals surface area (Å²) >= 11 is 0. The molecular formula is C20H20FN3O2. The van der Waals surface area contributed by atoms with Crippen molar-refractivity contribution in [3.05, 3.63) is 71.0 Å². The molecule has 4 rings (SSSR count). The predicted octanol–water partition coefficient (Wildman–Crippen LogP) is 3.05. The van der Waals surface area contributed by atoms with Gasteiger partial charge in [0.1, 0.15) is 5.82 Å². The molecule has 0 unspecified atom stereocenters. The number of hydroxylamine groups is 1. The van der Waals surface area contributed by atoms with Crippen molar-refractivity contribution in [3.8, 4) is 0 Å². The highest BCUT2D eigenvalue weighted by Crippen LogP contribution is 2.31. The monoisotopic (exact) mass is 353 g/mol. The maximum atomic E-state index is 13.3. The standard InChI is InChI=1S/C20H20FN3O2/c1-14-5-7-15(8-6-14)18-22-20(26-23-18)9-11-24(12-10-20)19(25)16-3-2-4-17(21)13-16/h2-8,13H,9-12H2,1H3,(H,22,23). The minimum Gasteiger partial charge on any atom is -0.338 e. The molecule has 2 aliphatic rings. The summed E-state index contributed by atoms with van der Waals surface area (Å²) in [5, 5.41) is 0. The molecule has 2 aliphatic heterocycles. The molecule has 134 valence electrons. The molecule has 1 spiro atoms. The lowest BCUT2D eigenvalue weighted by Crippen LogP contribution is -2.46. The molecule has 0 aromatic heterocycles. The second-order valence-corrected chi connectivity index (χ2v) is 6.78. The Morgan fingerprint density at radius 2 is 1.92 bits per heavy atom. The largest absolute Gasteiger partial charge is 0.338 e. The molecule has 5 nitrogen and oxygen atoms in total. The van der Waals surface area contributed by atoms with Gasteiger partial charge < -0.3 is 4.90 Å². The molecule has 2 aromatic rings. The third kappa shape index (κ3) is 3.20. The van der Waals surface area contributed by atoms with Gasteiger partial charge >= 0.3 is 0 Å². The van der Waals surface area contributed by atoms with Crippen LogP contribution in [-0.2, 0) is 4.84 Å². The van der Waals surface area contributed by atoms with Gasteiger partial charge in [-0.15, -0.1) is 0 Å². The highest BCUT2D eigenvalue weighted by molar-refractivity contribution is 5.99. The summed E-state index contributed by atoms with van der Waals surface area (Å²) in [5.41, 5.74) is 4.83. The maximum absolute atomic E-state index is 13.3. The van der Waals surface area contributed by atoms with Crippen molar-refractivity contribution >= 4 is 11.7 Å². The van der Waals surface area contributed by atoms with Gasteiger partial charge in [-0.05, 0) is 25.1 Å². The Labute approximate surface area is 151 Å². The van der Waals surface area contributed by atoms with E-state index in [0.717, 1.165) is 11.4 Å². The van der Waals surface area contributed by atoms with Gasteiger partial charge in [-0.1, -0.05) is 35.9 Å². The van der Waals surface area contributed by atoms with E-state index in [4.69, 9.17) is 9.83 Å². The van der Waals surface area contributed by atoms with Crippen molar-refractivity contribution in [2.24, 2.45) is 4.99 Å². The smallest absolute Gasteiger partial charge is 0.253 e. The number of amides is 1. The first-order valence-corrected chi connectivity index (χ1v) is 8.70. The minimum absolute atomic E-state index is 0.159. The zero-order valence-electron chi connectivity index (χ0n) is 14.5. The Kier molecular flexibility index (Phi) is 4.20. The molecule has 0 radical (unpaired) electrons. The van der Waals surface area contributed by atoms with E-state index in [0.29, 0.717) is 31.5 Å². The zero-order valence-corrected chi connectivity index (χ0v) is 14.5. The number of nitrogens with one attached hydrogen (secondary N) is 1. The van der Waals surface area contributed by atoms with Crippen molar-refractivity contribution in [1.29, 1.82) is 0 Å². The number of aliphatic imine (C=N–C) groups is 1. The van der Waals surface area contributed by atoms with Crippen LogP contribution in [0, 0.1) is 12.7 Å². The van der Waals surface area contributed by atoms with Crippen molar-refractivity contribution in [3.63, 3.8) is 0 Å². The van der Waals surface area contributed by atoms with Crippen molar-refractivity contribution in [2.75, 3.05) is 13.1 Å². The molecule has 0 aliphatic carbocycles. The summed E-state index contributed by atoms with van der Waals surface area (Å²) in [4.78, 5) is 24.8. The van der Waals surface area contributed by atoms with Crippen LogP contribution in [0.3, 0.4) is 0 Å². The lowest BCUT2D eigenvalue weighted by molar-refractivity contribution is -0.0849. The predicted molar refractivity (Wildman–Crippen MR) is 96.2 cm³/mol. The lowest BCUT2D eigenvalue weighted by Gasteiger charge is -2.35. The number of halogens is 1. The van der Waals surface area contributed by atoms with Gasteiger partial charge in [0.2, 0.25) is 0 Å². The Morgan fingerprint density at radius 1 is 1.19 bits per heavy atom. The van der Waals surface area contributed by atoms with E-state index in [-0.39, 0.29) is 5.91 Å². The Morgan fingerprint density at radius 3 is 2.62 bits per heavy atom. The van der Waals surface area contributed by atoms with Crippen LogP contribution in [0.2, 0.25) is 0 Å². The summed E-state index contributed by atoms with van der Waals surface area (Å²) in [6.45, 7) is 3.07. The number of benzene rings is 2. The summed E-state index contributed by atoms with van der Waals surface area (Å²) in [6, 6.07) is 13.9. The lowest BCUT2D eigenvalue weighted by atomic mass is 10.00. The van der Waals surface area contributed by atoms with Gasteiger partial charge in [-0.2, -0.15) is 0 Å². The molecule has 1 N–H and O–H groups in total. The fourth-order valence-corrected chi connectivity index (χ4v) is 3.30. The molecule has 6 heteroatoms. The first-order chi connectivity index (χ1) is 12.5. The second kappa shape index (κ2) is 6.53. The fourth-order valence-electron chi connectivity index (χ4n) is 3.30. The molecule has 1 saturated heterocycles. The molecule has 1 fully saturated rings. The minimum atomic E-state index is -0.640. The van der Waals surface area contributed by atoms with Crippen LogP contribution in [0.4, 0.5) is 4.39 Å². The SMILES string of the molecule is Cc1ccc(C2=NC3(CCN(C(=O)c4cccc(F)c4)CC3)ON2)cc1. The number of hydrogen-bond acceptors (Lipinski definition) is 4. The normalized spacial score (nSPS) is 18.5. The topological polar surface area (TPSA) is 53.9 Å². The van der Waals surface area contributed by atoms with E-state index in [2.05, 4.69) is 5.48 Å². The quantitative estimate of drug-likeness (QED) is 0.903. The second-order valence-electron chi connectivity index (χ2n) is 6.78. The summed E-state index contributed by atoms with van der Waals surface area (Å²) in [7, 11) is 0. The molecule has 0 bridgehead atoms. The number of amidine groups is 1. The zero-order chi connectivity index (χ0) is 18.1. The highest BCUT2D eigenvalue weighted by Gasteiger charge is 2.41. The summed E-state index contributed by atoms with van der Waals surface area (Å²) in [5.74, 6) is 0.156. The van der Waals surface area contributed by atoms with Gasteiger partial charge in [0.25, 0.3) is 5.91 Å². The Bertz CT molecular complexity index is 856. The number of piperidine rings is 1. The summed E-state index contributed by atoms with van der Waals surface area (Å²) < 4.78 is 13.3. The van der Waals surface area contributed by atoms with Crippen LogP contribution in [-0.4, -0.2) is 35.5 Å². The van der Waals surface area contributed by atoms with Gasteiger partial charge in [0.05, 0.1) is 0 Å². The molecule has 0 saturated carbocycles. The molecule has 2 heterocycles.